The van der Waals surface area contributed by atoms with E-state index in [-0.39, 0.29) is 10.7 Å². The zero-order valence-corrected chi connectivity index (χ0v) is 13.6. The highest BCUT2D eigenvalue weighted by molar-refractivity contribution is 9.10. The fraction of sp³-hybridized carbons (Fsp3) is 0.143. The Labute approximate surface area is 131 Å². The molecule has 2 aromatic rings. The lowest BCUT2D eigenvalue weighted by Gasteiger charge is -2.10. The standard InChI is InChI=1S/C14H14BrFN2O2S/c1-9-6-10(2-4-13(9)16)8-18-14-5-3-11(7-12(14)15)21(17,19)20/h2-7,18H,8H2,1H3,(H2,17,19,20). The minimum atomic E-state index is -3.72. The molecule has 112 valence electrons. The van der Waals surface area contributed by atoms with Crippen LogP contribution in [0.3, 0.4) is 0 Å². The van der Waals surface area contributed by atoms with Crippen LogP contribution >= 0.6 is 15.9 Å². The zero-order chi connectivity index (χ0) is 15.6. The lowest BCUT2D eigenvalue weighted by molar-refractivity contribution is 0.597. The number of anilines is 1. The molecule has 0 unspecified atom stereocenters. The summed E-state index contributed by atoms with van der Waals surface area (Å²) in [6.45, 7) is 2.20. The first kappa shape index (κ1) is 15.9. The normalized spacial score (nSPS) is 11.4. The van der Waals surface area contributed by atoms with Crippen LogP contribution in [0.25, 0.3) is 0 Å². The number of hydrogen-bond acceptors (Lipinski definition) is 3. The van der Waals surface area contributed by atoms with Crippen LogP contribution in [0.4, 0.5) is 10.1 Å². The van der Waals surface area contributed by atoms with Gasteiger partial charge in [-0.15, -0.1) is 0 Å². The number of primary sulfonamides is 1. The van der Waals surface area contributed by atoms with Crippen molar-refractivity contribution in [3.8, 4) is 0 Å². The third kappa shape index (κ3) is 4.03. The molecule has 2 rings (SSSR count). The minimum absolute atomic E-state index is 0.0394. The van der Waals surface area contributed by atoms with E-state index in [9.17, 15) is 12.8 Å². The summed E-state index contributed by atoms with van der Waals surface area (Å²) in [5.74, 6) is -0.238. The van der Waals surface area contributed by atoms with E-state index in [0.717, 1.165) is 11.3 Å². The van der Waals surface area contributed by atoms with Crippen LogP contribution in [-0.2, 0) is 16.6 Å². The molecule has 2 aromatic carbocycles. The Balaban J connectivity index is 2.15. The van der Waals surface area contributed by atoms with Gasteiger partial charge < -0.3 is 5.32 Å². The summed E-state index contributed by atoms with van der Waals surface area (Å²) in [6, 6.07) is 9.37. The van der Waals surface area contributed by atoms with Gasteiger partial charge in [0.25, 0.3) is 0 Å². The Kier molecular flexibility index (Phi) is 4.65. The number of nitrogens with two attached hydrogens (primary N) is 1. The molecule has 0 atom stereocenters. The number of rotatable bonds is 4. The number of halogens is 2. The predicted octanol–water partition coefficient (Wildman–Crippen LogP) is 3.16. The largest absolute Gasteiger partial charge is 0.380 e. The number of sulfonamides is 1. The maximum atomic E-state index is 13.2. The molecule has 0 aliphatic carbocycles. The first-order chi connectivity index (χ1) is 9.77. The summed E-state index contributed by atoms with van der Waals surface area (Å²) < 4.78 is 36.3. The fourth-order valence-corrected chi connectivity index (χ4v) is 3.04. The van der Waals surface area contributed by atoms with E-state index >= 15 is 0 Å². The molecule has 0 heterocycles. The van der Waals surface area contributed by atoms with E-state index in [1.54, 1.807) is 25.1 Å². The highest BCUT2D eigenvalue weighted by atomic mass is 79.9. The van der Waals surface area contributed by atoms with Crippen molar-refractivity contribution >= 4 is 31.6 Å². The lowest BCUT2D eigenvalue weighted by Crippen LogP contribution is -2.12. The topological polar surface area (TPSA) is 72.2 Å². The van der Waals surface area contributed by atoms with Crippen molar-refractivity contribution in [1.29, 1.82) is 0 Å². The van der Waals surface area contributed by atoms with Crippen molar-refractivity contribution in [3.63, 3.8) is 0 Å². The van der Waals surface area contributed by atoms with Crippen molar-refractivity contribution in [3.05, 3.63) is 57.8 Å². The maximum absolute atomic E-state index is 13.2. The molecule has 0 amide bonds. The molecule has 0 spiro atoms. The van der Waals surface area contributed by atoms with Crippen LogP contribution < -0.4 is 10.5 Å². The Bertz CT molecular complexity index is 779. The van der Waals surface area contributed by atoms with Gasteiger partial charge in [0.1, 0.15) is 5.82 Å². The van der Waals surface area contributed by atoms with Crippen molar-refractivity contribution < 1.29 is 12.8 Å². The van der Waals surface area contributed by atoms with Gasteiger partial charge in [0, 0.05) is 16.7 Å². The second-order valence-corrected chi connectivity index (χ2v) is 7.04. The molecule has 0 aromatic heterocycles. The Morgan fingerprint density at radius 3 is 2.52 bits per heavy atom. The maximum Gasteiger partial charge on any atom is 0.238 e. The molecule has 4 nitrogen and oxygen atoms in total. The third-order valence-corrected chi connectivity index (χ3v) is 4.54. The monoisotopic (exact) mass is 372 g/mol. The first-order valence-corrected chi connectivity index (χ1v) is 8.42. The van der Waals surface area contributed by atoms with Gasteiger partial charge in [-0.3, -0.25) is 0 Å². The van der Waals surface area contributed by atoms with E-state index in [1.165, 1.54) is 18.2 Å². The summed E-state index contributed by atoms with van der Waals surface area (Å²) >= 11 is 3.30. The second kappa shape index (κ2) is 6.13. The summed E-state index contributed by atoms with van der Waals surface area (Å²) in [6.07, 6.45) is 0. The molecule has 3 N–H and O–H groups in total. The third-order valence-electron chi connectivity index (χ3n) is 2.97. The summed E-state index contributed by atoms with van der Waals surface area (Å²) in [5, 5.41) is 8.22. The molecule has 0 radical (unpaired) electrons. The molecule has 0 aliphatic heterocycles. The molecular formula is C14H14BrFN2O2S. The quantitative estimate of drug-likeness (QED) is 0.865. The summed E-state index contributed by atoms with van der Waals surface area (Å²) in [5.41, 5.74) is 2.23. The molecule has 7 heteroatoms. The Hall–Kier alpha value is -1.44. The molecule has 0 fully saturated rings. The number of benzene rings is 2. The summed E-state index contributed by atoms with van der Waals surface area (Å²) in [4.78, 5) is 0.0394. The van der Waals surface area contributed by atoms with Gasteiger partial charge in [0.05, 0.1) is 4.90 Å². The van der Waals surface area contributed by atoms with Crippen LogP contribution in [0.1, 0.15) is 11.1 Å². The first-order valence-electron chi connectivity index (χ1n) is 6.08. The minimum Gasteiger partial charge on any atom is -0.380 e. The van der Waals surface area contributed by atoms with Crippen LogP contribution in [-0.4, -0.2) is 8.42 Å². The fourth-order valence-electron chi connectivity index (χ4n) is 1.83. The highest BCUT2D eigenvalue weighted by Gasteiger charge is 2.10. The van der Waals surface area contributed by atoms with Crippen molar-refractivity contribution in [1.82, 2.24) is 0 Å². The Morgan fingerprint density at radius 1 is 1.24 bits per heavy atom. The Morgan fingerprint density at radius 2 is 1.95 bits per heavy atom. The number of nitrogens with one attached hydrogen (secondary N) is 1. The molecule has 0 aliphatic rings. The van der Waals surface area contributed by atoms with Gasteiger partial charge in [0.2, 0.25) is 10.0 Å². The van der Waals surface area contributed by atoms with Gasteiger partial charge in [0.15, 0.2) is 0 Å². The van der Waals surface area contributed by atoms with E-state index in [0.29, 0.717) is 16.6 Å². The summed E-state index contributed by atoms with van der Waals surface area (Å²) in [7, 11) is -3.72. The van der Waals surface area contributed by atoms with E-state index in [1.807, 2.05) is 0 Å². The lowest BCUT2D eigenvalue weighted by atomic mass is 10.1. The van der Waals surface area contributed by atoms with Crippen molar-refractivity contribution in [2.24, 2.45) is 5.14 Å². The van der Waals surface area contributed by atoms with E-state index in [4.69, 9.17) is 5.14 Å². The van der Waals surface area contributed by atoms with Gasteiger partial charge in [-0.1, -0.05) is 12.1 Å². The number of aryl methyl sites for hydroxylation is 1. The van der Waals surface area contributed by atoms with Crippen LogP contribution in [0.5, 0.6) is 0 Å². The molecule has 21 heavy (non-hydrogen) atoms. The van der Waals surface area contributed by atoms with Crippen molar-refractivity contribution in [2.75, 3.05) is 5.32 Å². The van der Waals surface area contributed by atoms with Crippen LogP contribution in [0, 0.1) is 12.7 Å². The smallest absolute Gasteiger partial charge is 0.238 e. The van der Waals surface area contributed by atoms with Crippen molar-refractivity contribution in [2.45, 2.75) is 18.4 Å². The molecular weight excluding hydrogens is 359 g/mol. The van der Waals surface area contributed by atoms with Gasteiger partial charge in [-0.25, -0.2) is 17.9 Å². The predicted molar refractivity (Wildman–Crippen MR) is 84.0 cm³/mol. The van der Waals surface area contributed by atoms with Gasteiger partial charge in [-0.2, -0.15) is 0 Å². The van der Waals surface area contributed by atoms with E-state index in [2.05, 4.69) is 21.2 Å². The van der Waals surface area contributed by atoms with Gasteiger partial charge >= 0.3 is 0 Å². The highest BCUT2D eigenvalue weighted by Crippen LogP contribution is 2.26. The average Bonchev–Trinajstić information content (AvgIpc) is 2.40. The van der Waals surface area contributed by atoms with Gasteiger partial charge in [-0.05, 0) is 58.2 Å². The second-order valence-electron chi connectivity index (χ2n) is 4.62. The average molecular weight is 373 g/mol. The van der Waals surface area contributed by atoms with Crippen LogP contribution in [0.2, 0.25) is 0 Å². The molecule has 0 saturated heterocycles. The molecule has 0 saturated carbocycles. The SMILES string of the molecule is Cc1cc(CNc2ccc(S(N)(=O)=O)cc2Br)ccc1F. The zero-order valence-electron chi connectivity index (χ0n) is 11.2. The van der Waals surface area contributed by atoms with Crippen LogP contribution in [0.15, 0.2) is 45.8 Å². The number of hydrogen-bond donors (Lipinski definition) is 2. The molecule has 0 bridgehead atoms. The van der Waals surface area contributed by atoms with E-state index < -0.39 is 10.0 Å².